The van der Waals surface area contributed by atoms with Gasteiger partial charge in [0.1, 0.15) is 0 Å². The number of rotatable bonds is 4. The number of benzene rings is 2. The van der Waals surface area contributed by atoms with E-state index in [0.29, 0.717) is 11.5 Å². The molecule has 1 heterocycles. The van der Waals surface area contributed by atoms with Crippen molar-refractivity contribution in [1.29, 1.82) is 0 Å². The van der Waals surface area contributed by atoms with Gasteiger partial charge < -0.3 is 10.3 Å². The van der Waals surface area contributed by atoms with Gasteiger partial charge in [0.2, 0.25) is 0 Å². The van der Waals surface area contributed by atoms with Gasteiger partial charge in [-0.3, -0.25) is 0 Å². The molecule has 25 heavy (non-hydrogen) atoms. The summed E-state index contributed by atoms with van der Waals surface area (Å²) in [4.78, 5) is 3.25. The maximum atomic E-state index is 3.75. The van der Waals surface area contributed by atoms with Crippen molar-refractivity contribution in [3.8, 4) is 11.1 Å². The Kier molecular flexibility index (Phi) is 4.39. The predicted octanol–water partition coefficient (Wildman–Crippen LogP) is 5.89. The molecule has 0 atom stereocenters. The molecule has 130 valence electrons. The first-order chi connectivity index (χ1) is 12.1. The lowest BCUT2D eigenvalue weighted by Crippen LogP contribution is -2.35. The van der Waals surface area contributed by atoms with E-state index in [1.54, 1.807) is 0 Å². The van der Waals surface area contributed by atoms with E-state index in [9.17, 15) is 0 Å². The minimum absolute atomic E-state index is 0.542. The van der Waals surface area contributed by atoms with Gasteiger partial charge in [0.05, 0.1) is 0 Å². The predicted molar refractivity (Wildman–Crippen MR) is 107 cm³/mol. The van der Waals surface area contributed by atoms with Crippen LogP contribution in [0.4, 0.5) is 0 Å². The number of H-pyrrole nitrogens is 1. The summed E-state index contributed by atoms with van der Waals surface area (Å²) >= 11 is 0. The summed E-state index contributed by atoms with van der Waals surface area (Å²) < 4.78 is 0. The highest BCUT2D eigenvalue weighted by molar-refractivity contribution is 5.85. The van der Waals surface area contributed by atoms with Crippen molar-refractivity contribution in [3.63, 3.8) is 0 Å². The smallest absolute Gasteiger partial charge is 0.0454 e. The van der Waals surface area contributed by atoms with Crippen molar-refractivity contribution in [2.45, 2.75) is 52.1 Å². The average molecular weight is 332 g/mol. The molecular weight excluding hydrogens is 304 g/mol. The Morgan fingerprint density at radius 2 is 1.68 bits per heavy atom. The summed E-state index contributed by atoms with van der Waals surface area (Å²) in [5.74, 6) is 0. The molecule has 2 aromatic carbocycles. The minimum atomic E-state index is 0.542. The fraction of sp³-hybridized carbons (Fsp3) is 0.391. The largest absolute Gasteiger partial charge is 0.361 e. The van der Waals surface area contributed by atoms with Crippen LogP contribution in [0.3, 0.4) is 0 Å². The van der Waals surface area contributed by atoms with E-state index in [1.807, 2.05) is 6.20 Å². The summed E-state index contributed by atoms with van der Waals surface area (Å²) in [7, 11) is 0. The molecule has 4 rings (SSSR count). The van der Waals surface area contributed by atoms with Crippen LogP contribution in [0.15, 0.2) is 54.7 Å². The van der Waals surface area contributed by atoms with Gasteiger partial charge in [0.25, 0.3) is 0 Å². The standard InChI is InChI=1S/C23H28N2/c1-23(2)12-9-21(10-13-23)25-16-17-3-5-18(6-4-17)19-7-8-22-20(15-19)11-14-24-22/h3-8,11,14-15,21,24-25H,9-10,12-13,16H2,1-2H3. The molecular formula is C23H28N2. The third-order valence-corrected chi connectivity index (χ3v) is 5.77. The second kappa shape index (κ2) is 6.68. The van der Waals surface area contributed by atoms with Crippen LogP contribution >= 0.6 is 0 Å². The van der Waals surface area contributed by atoms with Gasteiger partial charge in [0.15, 0.2) is 0 Å². The van der Waals surface area contributed by atoms with Gasteiger partial charge >= 0.3 is 0 Å². The van der Waals surface area contributed by atoms with Crippen LogP contribution in [-0.4, -0.2) is 11.0 Å². The van der Waals surface area contributed by atoms with E-state index < -0.39 is 0 Å². The molecule has 1 saturated carbocycles. The Bertz CT molecular complexity index is 832. The molecule has 1 aliphatic carbocycles. The highest BCUT2D eigenvalue weighted by Crippen LogP contribution is 2.35. The molecule has 0 radical (unpaired) electrons. The summed E-state index contributed by atoms with van der Waals surface area (Å²) in [6, 6.07) is 18.4. The lowest BCUT2D eigenvalue weighted by atomic mass is 9.75. The summed E-state index contributed by atoms with van der Waals surface area (Å²) in [5, 5.41) is 5.02. The molecule has 1 aliphatic rings. The van der Waals surface area contributed by atoms with Crippen molar-refractivity contribution in [2.24, 2.45) is 5.41 Å². The molecule has 0 unspecified atom stereocenters. The van der Waals surface area contributed by atoms with Crippen LogP contribution < -0.4 is 5.32 Å². The number of hydrogen-bond acceptors (Lipinski definition) is 1. The fourth-order valence-corrected chi connectivity index (χ4v) is 3.91. The third kappa shape index (κ3) is 3.80. The minimum Gasteiger partial charge on any atom is -0.361 e. The molecule has 1 aromatic heterocycles. The van der Waals surface area contributed by atoms with Crippen LogP contribution in [0.25, 0.3) is 22.0 Å². The summed E-state index contributed by atoms with van der Waals surface area (Å²) in [6.45, 7) is 5.77. The van der Waals surface area contributed by atoms with Gasteiger partial charge in [-0.05, 0) is 71.4 Å². The number of aromatic amines is 1. The Morgan fingerprint density at radius 1 is 0.960 bits per heavy atom. The quantitative estimate of drug-likeness (QED) is 0.612. The zero-order valence-corrected chi connectivity index (χ0v) is 15.3. The van der Waals surface area contributed by atoms with Gasteiger partial charge in [-0.15, -0.1) is 0 Å². The van der Waals surface area contributed by atoms with Crippen molar-refractivity contribution < 1.29 is 0 Å². The third-order valence-electron chi connectivity index (χ3n) is 5.77. The van der Waals surface area contributed by atoms with E-state index in [1.165, 1.54) is 53.3 Å². The van der Waals surface area contributed by atoms with Gasteiger partial charge in [0, 0.05) is 24.3 Å². The number of fused-ring (bicyclic) bond motifs is 1. The zero-order valence-electron chi connectivity index (χ0n) is 15.3. The highest BCUT2D eigenvalue weighted by Gasteiger charge is 2.26. The highest BCUT2D eigenvalue weighted by atomic mass is 14.9. The van der Waals surface area contributed by atoms with Crippen molar-refractivity contribution in [2.75, 3.05) is 0 Å². The summed E-state index contributed by atoms with van der Waals surface area (Å²) in [5.41, 5.74) is 5.67. The van der Waals surface area contributed by atoms with E-state index >= 15 is 0 Å². The van der Waals surface area contributed by atoms with Crippen LogP contribution in [-0.2, 0) is 6.54 Å². The van der Waals surface area contributed by atoms with Crippen LogP contribution in [0.5, 0.6) is 0 Å². The maximum absolute atomic E-state index is 3.75. The normalized spacial score (nSPS) is 17.8. The molecule has 1 fully saturated rings. The molecule has 0 amide bonds. The van der Waals surface area contributed by atoms with Crippen molar-refractivity contribution in [1.82, 2.24) is 10.3 Å². The van der Waals surface area contributed by atoms with E-state index in [0.717, 1.165) is 6.54 Å². The van der Waals surface area contributed by atoms with Gasteiger partial charge in [-0.1, -0.05) is 44.2 Å². The molecule has 0 aliphatic heterocycles. The van der Waals surface area contributed by atoms with E-state index in [-0.39, 0.29) is 0 Å². The Hall–Kier alpha value is -2.06. The second-order valence-corrected chi connectivity index (χ2v) is 8.30. The van der Waals surface area contributed by atoms with Crippen molar-refractivity contribution >= 4 is 10.9 Å². The molecule has 2 heteroatoms. The lowest BCUT2D eigenvalue weighted by molar-refractivity contribution is 0.206. The SMILES string of the molecule is CC1(C)CCC(NCc2ccc(-c3ccc4[nH]ccc4c3)cc2)CC1. The molecule has 0 bridgehead atoms. The first-order valence-corrected chi connectivity index (χ1v) is 9.49. The van der Waals surface area contributed by atoms with Crippen LogP contribution in [0, 0.1) is 5.41 Å². The number of hydrogen-bond donors (Lipinski definition) is 2. The van der Waals surface area contributed by atoms with Gasteiger partial charge in [-0.25, -0.2) is 0 Å². The first kappa shape index (κ1) is 16.4. The molecule has 2 N–H and O–H groups in total. The molecule has 0 saturated heterocycles. The van der Waals surface area contributed by atoms with Crippen molar-refractivity contribution in [3.05, 3.63) is 60.3 Å². The van der Waals surface area contributed by atoms with E-state index in [4.69, 9.17) is 0 Å². The Labute approximate surface area is 150 Å². The number of aromatic nitrogens is 1. The lowest BCUT2D eigenvalue weighted by Gasteiger charge is -2.34. The van der Waals surface area contributed by atoms with Gasteiger partial charge in [-0.2, -0.15) is 0 Å². The Balaban J connectivity index is 1.38. The number of nitrogens with one attached hydrogen (secondary N) is 2. The molecule has 3 aromatic rings. The van der Waals surface area contributed by atoms with Crippen LogP contribution in [0.1, 0.15) is 45.1 Å². The molecule has 0 spiro atoms. The maximum Gasteiger partial charge on any atom is 0.0454 e. The second-order valence-electron chi connectivity index (χ2n) is 8.30. The zero-order chi connectivity index (χ0) is 17.3. The monoisotopic (exact) mass is 332 g/mol. The van der Waals surface area contributed by atoms with Crippen LogP contribution in [0.2, 0.25) is 0 Å². The molecule has 2 nitrogen and oxygen atoms in total. The summed E-state index contributed by atoms with van der Waals surface area (Å²) in [6.07, 6.45) is 7.29. The average Bonchev–Trinajstić information content (AvgIpc) is 3.09. The topological polar surface area (TPSA) is 27.8 Å². The Morgan fingerprint density at radius 3 is 2.44 bits per heavy atom. The fourth-order valence-electron chi connectivity index (χ4n) is 3.91. The first-order valence-electron chi connectivity index (χ1n) is 9.49. The van der Waals surface area contributed by atoms with E-state index in [2.05, 4.69) is 72.7 Å².